The fourth-order valence-electron chi connectivity index (χ4n) is 2.35. The highest BCUT2D eigenvalue weighted by Gasteiger charge is 2.46. The van der Waals surface area contributed by atoms with E-state index in [2.05, 4.69) is 24.2 Å². The van der Waals surface area contributed by atoms with Gasteiger partial charge < -0.3 is 10.1 Å². The van der Waals surface area contributed by atoms with Gasteiger partial charge in [-0.05, 0) is 31.6 Å². The van der Waals surface area contributed by atoms with Crippen LogP contribution in [0, 0.1) is 5.41 Å². The summed E-state index contributed by atoms with van der Waals surface area (Å²) >= 11 is 0. The standard InChI is InChI=1S/C12H22N2O/c1-3-4-5-12(6-7-12)10(2)14-11-13-8-9-15-11/h10H,3-9H2,1-2H3,(H,13,14). The molecule has 0 saturated heterocycles. The summed E-state index contributed by atoms with van der Waals surface area (Å²) in [6, 6.07) is 1.28. The minimum absolute atomic E-state index is 0.515. The molecule has 1 unspecified atom stereocenters. The van der Waals surface area contributed by atoms with E-state index in [9.17, 15) is 0 Å². The quantitative estimate of drug-likeness (QED) is 0.755. The third kappa shape index (κ3) is 2.44. The number of unbranched alkanes of at least 4 members (excludes halogenated alkanes) is 1. The van der Waals surface area contributed by atoms with E-state index >= 15 is 0 Å². The molecule has 0 bridgehead atoms. The van der Waals surface area contributed by atoms with E-state index in [0.29, 0.717) is 11.5 Å². The first-order chi connectivity index (χ1) is 7.27. The molecular weight excluding hydrogens is 188 g/mol. The zero-order valence-corrected chi connectivity index (χ0v) is 9.88. The zero-order chi connectivity index (χ0) is 10.7. The molecule has 3 heteroatoms. The predicted molar refractivity (Wildman–Crippen MR) is 62.0 cm³/mol. The predicted octanol–water partition coefficient (Wildman–Crippen LogP) is 2.32. The Hall–Kier alpha value is -0.730. The van der Waals surface area contributed by atoms with Crippen molar-refractivity contribution in [3.05, 3.63) is 0 Å². The molecule has 1 N–H and O–H groups in total. The van der Waals surface area contributed by atoms with E-state index in [4.69, 9.17) is 4.74 Å². The summed E-state index contributed by atoms with van der Waals surface area (Å²) in [6.45, 7) is 6.10. The van der Waals surface area contributed by atoms with Crippen molar-refractivity contribution in [2.45, 2.75) is 52.0 Å². The van der Waals surface area contributed by atoms with E-state index in [1.807, 2.05) is 0 Å². The fourth-order valence-corrected chi connectivity index (χ4v) is 2.35. The zero-order valence-electron chi connectivity index (χ0n) is 9.88. The van der Waals surface area contributed by atoms with Crippen LogP contribution in [0.15, 0.2) is 4.99 Å². The van der Waals surface area contributed by atoms with E-state index in [-0.39, 0.29) is 0 Å². The van der Waals surface area contributed by atoms with Gasteiger partial charge in [0.15, 0.2) is 0 Å². The smallest absolute Gasteiger partial charge is 0.285 e. The molecule has 1 fully saturated rings. The topological polar surface area (TPSA) is 33.6 Å². The highest BCUT2D eigenvalue weighted by Crippen LogP contribution is 2.52. The molecule has 2 rings (SSSR count). The average molecular weight is 210 g/mol. The Kier molecular flexibility index (Phi) is 3.17. The van der Waals surface area contributed by atoms with Crippen molar-refractivity contribution in [2.24, 2.45) is 10.4 Å². The Bertz CT molecular complexity index is 246. The lowest BCUT2D eigenvalue weighted by Gasteiger charge is -2.24. The van der Waals surface area contributed by atoms with E-state index < -0.39 is 0 Å². The van der Waals surface area contributed by atoms with Crippen LogP contribution in [-0.2, 0) is 4.74 Å². The minimum atomic E-state index is 0.515. The first-order valence-electron chi connectivity index (χ1n) is 6.21. The number of hydrogen-bond donors (Lipinski definition) is 1. The van der Waals surface area contributed by atoms with Crippen LogP contribution in [0.1, 0.15) is 46.0 Å². The summed E-state index contributed by atoms with van der Waals surface area (Å²) in [6.07, 6.45) is 6.74. The van der Waals surface area contributed by atoms with Gasteiger partial charge in [0.05, 0.1) is 6.54 Å². The van der Waals surface area contributed by atoms with Crippen molar-refractivity contribution in [2.75, 3.05) is 13.2 Å². The Morgan fingerprint density at radius 1 is 1.53 bits per heavy atom. The molecule has 1 aliphatic carbocycles. The number of hydrogen-bond acceptors (Lipinski definition) is 3. The van der Waals surface area contributed by atoms with Crippen molar-refractivity contribution in [1.29, 1.82) is 0 Å². The van der Waals surface area contributed by atoms with Crippen molar-refractivity contribution >= 4 is 6.02 Å². The molecule has 0 spiro atoms. The molecular formula is C12H22N2O. The van der Waals surface area contributed by atoms with Gasteiger partial charge in [-0.25, -0.2) is 4.99 Å². The van der Waals surface area contributed by atoms with Gasteiger partial charge in [-0.15, -0.1) is 0 Å². The number of rotatable bonds is 5. The summed E-state index contributed by atoms with van der Waals surface area (Å²) in [5.41, 5.74) is 0.546. The van der Waals surface area contributed by atoms with Gasteiger partial charge in [0.1, 0.15) is 6.61 Å². The number of nitrogens with one attached hydrogen (secondary N) is 1. The van der Waals surface area contributed by atoms with Crippen LogP contribution in [0.4, 0.5) is 0 Å². The maximum atomic E-state index is 5.39. The summed E-state index contributed by atoms with van der Waals surface area (Å²) < 4.78 is 5.39. The molecule has 0 amide bonds. The molecule has 0 aromatic rings. The molecule has 0 aromatic carbocycles. The molecule has 3 nitrogen and oxygen atoms in total. The molecule has 86 valence electrons. The van der Waals surface area contributed by atoms with Gasteiger partial charge in [0, 0.05) is 6.04 Å². The molecule has 2 aliphatic rings. The van der Waals surface area contributed by atoms with Crippen LogP contribution in [0.25, 0.3) is 0 Å². The number of aliphatic imine (C=N–C) groups is 1. The van der Waals surface area contributed by atoms with Gasteiger partial charge in [0.25, 0.3) is 6.02 Å². The molecule has 1 atom stereocenters. The van der Waals surface area contributed by atoms with Crippen molar-refractivity contribution in [3.63, 3.8) is 0 Å². The van der Waals surface area contributed by atoms with Crippen LogP contribution in [0.2, 0.25) is 0 Å². The average Bonchev–Trinajstić information content (AvgIpc) is 2.87. The fraction of sp³-hybridized carbons (Fsp3) is 0.917. The Labute approximate surface area is 92.3 Å². The maximum absolute atomic E-state index is 5.39. The normalized spacial score (nSPS) is 24.3. The van der Waals surface area contributed by atoms with Gasteiger partial charge >= 0.3 is 0 Å². The molecule has 1 heterocycles. The first-order valence-corrected chi connectivity index (χ1v) is 6.21. The molecule has 1 saturated carbocycles. The second-order valence-corrected chi connectivity index (χ2v) is 4.87. The van der Waals surface area contributed by atoms with E-state index in [0.717, 1.165) is 19.2 Å². The SMILES string of the molecule is CCCCC1(C(C)NC2=NCCO2)CC1. The summed E-state index contributed by atoms with van der Waals surface area (Å²) in [5, 5.41) is 3.42. The van der Waals surface area contributed by atoms with Crippen molar-refractivity contribution in [3.8, 4) is 0 Å². The van der Waals surface area contributed by atoms with Crippen molar-refractivity contribution in [1.82, 2.24) is 5.32 Å². The number of nitrogens with zero attached hydrogens (tertiary/aromatic N) is 1. The highest BCUT2D eigenvalue weighted by atomic mass is 16.5. The van der Waals surface area contributed by atoms with Gasteiger partial charge in [-0.2, -0.15) is 0 Å². The molecule has 0 aromatic heterocycles. The van der Waals surface area contributed by atoms with Crippen LogP contribution in [-0.4, -0.2) is 25.2 Å². The summed E-state index contributed by atoms with van der Waals surface area (Å²) in [5.74, 6) is 0. The van der Waals surface area contributed by atoms with Crippen LogP contribution in [0.3, 0.4) is 0 Å². The van der Waals surface area contributed by atoms with E-state index in [1.54, 1.807) is 0 Å². The van der Waals surface area contributed by atoms with Gasteiger partial charge in [-0.3, -0.25) is 0 Å². The number of ether oxygens (including phenoxy) is 1. The van der Waals surface area contributed by atoms with Crippen molar-refractivity contribution < 1.29 is 4.74 Å². The van der Waals surface area contributed by atoms with Crippen LogP contribution >= 0.6 is 0 Å². The summed E-state index contributed by atoms with van der Waals surface area (Å²) in [7, 11) is 0. The monoisotopic (exact) mass is 210 g/mol. The van der Waals surface area contributed by atoms with Gasteiger partial charge in [0.2, 0.25) is 0 Å². The highest BCUT2D eigenvalue weighted by molar-refractivity contribution is 5.75. The summed E-state index contributed by atoms with van der Waals surface area (Å²) in [4.78, 5) is 4.28. The molecule has 15 heavy (non-hydrogen) atoms. The minimum Gasteiger partial charge on any atom is -0.463 e. The number of amidine groups is 1. The second-order valence-electron chi connectivity index (χ2n) is 4.87. The lowest BCUT2D eigenvalue weighted by Crippen LogP contribution is -2.39. The molecule has 0 radical (unpaired) electrons. The Balaban J connectivity index is 1.81. The third-order valence-corrected chi connectivity index (χ3v) is 3.76. The van der Waals surface area contributed by atoms with E-state index in [1.165, 1.54) is 32.1 Å². The van der Waals surface area contributed by atoms with Crippen LogP contribution in [0.5, 0.6) is 0 Å². The Morgan fingerprint density at radius 2 is 2.33 bits per heavy atom. The largest absolute Gasteiger partial charge is 0.463 e. The second kappa shape index (κ2) is 4.42. The Morgan fingerprint density at radius 3 is 2.87 bits per heavy atom. The maximum Gasteiger partial charge on any atom is 0.285 e. The van der Waals surface area contributed by atoms with Crippen LogP contribution < -0.4 is 5.32 Å². The van der Waals surface area contributed by atoms with Gasteiger partial charge in [-0.1, -0.05) is 19.8 Å². The molecule has 1 aliphatic heterocycles. The lowest BCUT2D eigenvalue weighted by molar-refractivity contribution is 0.296. The third-order valence-electron chi connectivity index (χ3n) is 3.76. The lowest BCUT2D eigenvalue weighted by atomic mass is 9.92. The first kappa shape index (κ1) is 10.8.